The molecule has 1 aliphatic heterocycles. The van der Waals surface area contributed by atoms with Crippen LogP contribution >= 0.6 is 11.8 Å². The Morgan fingerprint density at radius 2 is 1.55 bits per heavy atom. The number of methoxy groups -OCH3 is 2. The van der Waals surface area contributed by atoms with Gasteiger partial charge in [0.15, 0.2) is 5.16 Å². The average Bonchev–Trinajstić information content (AvgIpc) is 4.02. The van der Waals surface area contributed by atoms with Crippen LogP contribution in [-0.2, 0) is 30.7 Å². The van der Waals surface area contributed by atoms with Gasteiger partial charge in [0.05, 0.1) is 25.6 Å². The molecule has 2 aliphatic carbocycles. The molecule has 2 aromatic carbocycles. The van der Waals surface area contributed by atoms with Crippen molar-refractivity contribution in [3.05, 3.63) is 93.8 Å². The quantitative estimate of drug-likeness (QED) is 0.109. The maximum absolute atomic E-state index is 13.0. The number of aromatic nitrogens is 3. The molecule has 3 unspecified atom stereocenters. The molecular formula is C45H58N6O4S. The Bertz CT molecular complexity index is 2000. The van der Waals surface area contributed by atoms with Gasteiger partial charge in [0.25, 0.3) is 0 Å². The van der Waals surface area contributed by atoms with Crippen LogP contribution in [0.25, 0.3) is 0 Å². The summed E-state index contributed by atoms with van der Waals surface area (Å²) in [6.45, 7) is 15.7. The molecule has 0 bridgehead atoms. The number of rotatable bonds is 11. The second-order valence-electron chi connectivity index (χ2n) is 16.8. The van der Waals surface area contributed by atoms with Crippen LogP contribution in [0, 0.1) is 12.8 Å². The van der Waals surface area contributed by atoms with Crippen LogP contribution in [0.2, 0.25) is 0 Å². The van der Waals surface area contributed by atoms with Gasteiger partial charge in [-0.05, 0) is 108 Å². The minimum absolute atomic E-state index is 0.0814. The number of carbonyl (C=O) groups is 1. The number of carbonyl (C=O) groups excluding carboxylic acids is 1. The van der Waals surface area contributed by atoms with Gasteiger partial charge >= 0.3 is 6.09 Å². The van der Waals surface area contributed by atoms with Crippen molar-refractivity contribution in [1.82, 2.24) is 19.9 Å². The van der Waals surface area contributed by atoms with Crippen molar-refractivity contribution in [2.75, 3.05) is 49.9 Å². The molecule has 10 nitrogen and oxygen atoms in total. The fourth-order valence-corrected chi connectivity index (χ4v) is 8.92. The third-order valence-corrected chi connectivity index (χ3v) is 12.0. The molecule has 1 amide bonds. The van der Waals surface area contributed by atoms with Crippen LogP contribution in [-0.4, -0.2) is 77.7 Å². The zero-order valence-electron chi connectivity index (χ0n) is 34.6. The molecule has 7 rings (SSSR count). The smallest absolute Gasteiger partial charge is 0.410 e. The maximum atomic E-state index is 13.0. The second-order valence-corrected chi connectivity index (χ2v) is 17.5. The molecule has 3 aliphatic rings. The highest BCUT2D eigenvalue weighted by atomic mass is 32.2. The highest BCUT2D eigenvalue weighted by Gasteiger charge is 2.39. The van der Waals surface area contributed by atoms with E-state index in [-0.39, 0.29) is 18.1 Å². The zero-order valence-corrected chi connectivity index (χ0v) is 35.4. The van der Waals surface area contributed by atoms with Crippen molar-refractivity contribution in [3.63, 3.8) is 0 Å². The number of nitrogens with zero attached hydrogens (tertiary/aromatic N) is 6. The predicted molar refractivity (Wildman–Crippen MR) is 225 cm³/mol. The normalized spacial score (nSPS) is 19.7. The van der Waals surface area contributed by atoms with Crippen molar-refractivity contribution in [1.29, 1.82) is 0 Å². The number of ether oxygens (including phenoxy) is 3. The molecule has 298 valence electrons. The van der Waals surface area contributed by atoms with Crippen LogP contribution in [0.15, 0.2) is 59.8 Å². The first-order chi connectivity index (χ1) is 26.9. The summed E-state index contributed by atoms with van der Waals surface area (Å²) >= 11 is 1.59. The Hall–Kier alpha value is -4.51. The van der Waals surface area contributed by atoms with E-state index < -0.39 is 5.60 Å². The van der Waals surface area contributed by atoms with E-state index in [9.17, 15) is 4.79 Å². The first-order valence-electron chi connectivity index (χ1n) is 20.1. The highest BCUT2D eigenvalue weighted by molar-refractivity contribution is 7.98. The Morgan fingerprint density at radius 3 is 2.12 bits per heavy atom. The lowest BCUT2D eigenvalue weighted by atomic mass is 9.75. The second kappa shape index (κ2) is 16.5. The van der Waals surface area contributed by atoms with Crippen LogP contribution in [0.1, 0.15) is 98.5 Å². The third kappa shape index (κ3) is 8.58. The van der Waals surface area contributed by atoms with E-state index in [4.69, 9.17) is 29.2 Å². The Labute approximate surface area is 337 Å². The number of hydrogen-bond donors (Lipinski definition) is 0. The summed E-state index contributed by atoms with van der Waals surface area (Å²) in [5, 5.41) is 0.786. The number of thioether (sulfide) groups is 1. The van der Waals surface area contributed by atoms with Crippen molar-refractivity contribution in [2.45, 2.75) is 109 Å². The fraction of sp³-hybridized carbons (Fsp3) is 0.511. The molecule has 56 heavy (non-hydrogen) atoms. The number of piperazine rings is 1. The van der Waals surface area contributed by atoms with Crippen LogP contribution < -0.4 is 19.3 Å². The number of anilines is 2. The van der Waals surface area contributed by atoms with E-state index in [1.54, 1.807) is 26.0 Å². The molecule has 1 saturated heterocycles. The number of benzene rings is 2. The molecule has 4 aromatic rings. The summed E-state index contributed by atoms with van der Waals surface area (Å²) in [5.74, 6) is 4.77. The van der Waals surface area contributed by atoms with E-state index in [0.717, 1.165) is 58.0 Å². The van der Waals surface area contributed by atoms with Gasteiger partial charge in [0.1, 0.15) is 28.7 Å². The average molecular weight is 779 g/mol. The molecule has 2 fully saturated rings. The lowest BCUT2D eigenvalue weighted by molar-refractivity contribution is 0.0218. The molecule has 0 radical (unpaired) electrons. The fourth-order valence-electron chi connectivity index (χ4n) is 8.54. The van der Waals surface area contributed by atoms with Gasteiger partial charge in [-0.15, -0.1) is 0 Å². The molecule has 11 heteroatoms. The van der Waals surface area contributed by atoms with Gasteiger partial charge in [-0.2, -0.15) is 0 Å². The third-order valence-electron chi connectivity index (χ3n) is 11.5. The van der Waals surface area contributed by atoms with E-state index in [1.165, 1.54) is 35.2 Å². The zero-order chi connectivity index (χ0) is 39.7. The topological polar surface area (TPSA) is 93.2 Å². The van der Waals surface area contributed by atoms with Crippen molar-refractivity contribution < 1.29 is 19.0 Å². The lowest BCUT2D eigenvalue weighted by Gasteiger charge is -2.42. The van der Waals surface area contributed by atoms with E-state index in [0.29, 0.717) is 44.6 Å². The first-order valence-corrected chi connectivity index (χ1v) is 21.3. The van der Waals surface area contributed by atoms with Crippen molar-refractivity contribution in [3.8, 4) is 11.5 Å². The maximum Gasteiger partial charge on any atom is 0.410 e. The predicted octanol–water partition coefficient (Wildman–Crippen LogP) is 8.97. The van der Waals surface area contributed by atoms with E-state index >= 15 is 0 Å². The summed E-state index contributed by atoms with van der Waals surface area (Å²) in [4.78, 5) is 35.6. The standard InChI is InChI=1S/C45H58N6O4S/c1-28-22-35-36(46-43(56-9)48-42(35)51-21-20-49(25-30(51)3)44(52)55-45(4,5)6)24-34(28)41-40(31-18-19-31)29(2)23-39(47-41)50(26-32-14-10-12-16-37(32)53-7)27-33-15-11-13-17-38(33)54-8/h10-17,23,28,30-31,34H,18-22,24-27H2,1-9H3. The number of hydrogen-bond acceptors (Lipinski definition) is 10. The van der Waals surface area contributed by atoms with E-state index in [2.05, 4.69) is 67.2 Å². The van der Waals surface area contributed by atoms with Gasteiger partial charge in [0, 0.05) is 61.4 Å². The summed E-state index contributed by atoms with van der Waals surface area (Å²) < 4.78 is 17.4. The van der Waals surface area contributed by atoms with Gasteiger partial charge in [0.2, 0.25) is 0 Å². The highest BCUT2D eigenvalue weighted by Crippen LogP contribution is 2.49. The minimum atomic E-state index is -0.529. The minimum Gasteiger partial charge on any atom is -0.496 e. The Balaban J connectivity index is 1.25. The van der Waals surface area contributed by atoms with Crippen LogP contribution in [0.3, 0.4) is 0 Å². The van der Waals surface area contributed by atoms with Gasteiger partial charge in [-0.3, -0.25) is 0 Å². The van der Waals surface area contributed by atoms with Gasteiger partial charge < -0.3 is 28.9 Å². The molecule has 2 aromatic heterocycles. The molecule has 0 spiro atoms. The number of pyridine rings is 1. The first kappa shape index (κ1) is 39.7. The molecule has 3 heterocycles. The largest absolute Gasteiger partial charge is 0.496 e. The summed E-state index contributed by atoms with van der Waals surface area (Å²) in [6.07, 6.45) is 5.88. The summed E-state index contributed by atoms with van der Waals surface area (Å²) in [7, 11) is 3.47. The molecule has 3 atom stereocenters. The number of fused-ring (bicyclic) bond motifs is 1. The lowest BCUT2D eigenvalue weighted by Crippen LogP contribution is -2.55. The molecule has 0 N–H and O–H groups in total. The van der Waals surface area contributed by atoms with Gasteiger partial charge in [-0.1, -0.05) is 55.1 Å². The monoisotopic (exact) mass is 778 g/mol. The summed E-state index contributed by atoms with van der Waals surface area (Å²) in [5.41, 5.74) is 7.98. The molecule has 1 saturated carbocycles. The van der Waals surface area contributed by atoms with Crippen LogP contribution in [0.5, 0.6) is 11.5 Å². The van der Waals surface area contributed by atoms with Crippen molar-refractivity contribution >= 4 is 29.5 Å². The number of para-hydroxylation sites is 2. The van der Waals surface area contributed by atoms with Crippen LogP contribution in [0.4, 0.5) is 16.4 Å². The molecular weight excluding hydrogens is 721 g/mol. The van der Waals surface area contributed by atoms with Gasteiger partial charge in [-0.25, -0.2) is 19.7 Å². The number of aryl methyl sites for hydroxylation is 1. The SMILES string of the molecule is COc1ccccc1CN(Cc1ccccc1OC)c1cc(C)c(C2CC2)c(C2Cc3nc(SC)nc(N4CCN(C(=O)OC(C)(C)C)CC4C)c3CC2C)n1. The summed E-state index contributed by atoms with van der Waals surface area (Å²) in [6, 6.07) is 18.9. The Morgan fingerprint density at radius 1 is 0.911 bits per heavy atom. The Kier molecular flexibility index (Phi) is 11.7. The van der Waals surface area contributed by atoms with E-state index in [1.807, 2.05) is 49.9 Å². The number of amides is 1. The van der Waals surface area contributed by atoms with Crippen molar-refractivity contribution in [2.24, 2.45) is 5.92 Å².